The first kappa shape index (κ1) is 54.8. The molecule has 0 amide bonds. The second-order valence-electron chi connectivity index (χ2n) is 14.0. The molecule has 314 valence electrons. The van der Waals surface area contributed by atoms with Crippen LogP contribution in [-0.4, -0.2) is 111 Å². The zero-order valence-corrected chi connectivity index (χ0v) is 34.6. The van der Waals surface area contributed by atoms with Gasteiger partial charge < -0.3 is 45.0 Å². The van der Waals surface area contributed by atoms with Gasteiger partial charge in [0, 0.05) is 59.4 Å². The van der Waals surface area contributed by atoms with Crippen molar-refractivity contribution in [2.24, 2.45) is 16.2 Å². The number of nitrogens with one attached hydrogen (secondary N) is 1. The number of aliphatic hydroxyl groups excluding tert-OH is 1. The van der Waals surface area contributed by atoms with E-state index >= 15 is 0 Å². The molecule has 3 saturated carbocycles. The normalized spacial score (nSPS) is 23.6. The first-order valence-corrected chi connectivity index (χ1v) is 17.9. The predicted octanol–water partition coefficient (Wildman–Crippen LogP) is 4.66. The Labute approximate surface area is 336 Å². The Morgan fingerprint density at radius 2 is 1.00 bits per heavy atom. The topological polar surface area (TPSA) is 182 Å². The van der Waals surface area contributed by atoms with E-state index < -0.39 is 58.5 Å². The van der Waals surface area contributed by atoms with Crippen molar-refractivity contribution in [2.45, 2.75) is 135 Å². The number of carboxylic acids is 1. The number of hydrogen-bond acceptors (Lipinski definition) is 10. The molecule has 4 fully saturated rings. The minimum absolute atomic E-state index is 0. The van der Waals surface area contributed by atoms with Gasteiger partial charge in [0.15, 0.2) is 0 Å². The van der Waals surface area contributed by atoms with Gasteiger partial charge in [0.1, 0.15) is 0 Å². The summed E-state index contributed by atoms with van der Waals surface area (Å²) < 4.78 is 102. The molecule has 12 nitrogen and oxygen atoms in total. The minimum Gasteiger partial charge on any atom is -0.553 e. The van der Waals surface area contributed by atoms with Gasteiger partial charge >= 0.3 is 47.5 Å². The van der Waals surface area contributed by atoms with E-state index in [1.807, 2.05) is 0 Å². The summed E-state index contributed by atoms with van der Waals surface area (Å²) in [5.74, 6) is -5.30. The maximum Gasteiger partial charge on any atom is 1.00 e. The molecule has 0 aromatic rings. The van der Waals surface area contributed by atoms with Crippen LogP contribution >= 0.6 is 0 Å². The van der Waals surface area contributed by atoms with Crippen molar-refractivity contribution in [1.82, 2.24) is 0 Å². The first-order chi connectivity index (χ1) is 24.7. The van der Waals surface area contributed by atoms with Gasteiger partial charge in [0.2, 0.25) is 17.8 Å². The average Bonchev–Trinajstić information content (AvgIpc) is 3.60. The quantitative estimate of drug-likeness (QED) is 0.121. The van der Waals surface area contributed by atoms with E-state index in [1.165, 1.54) is 27.1 Å². The molecule has 4 N–H and O–H groups in total. The Kier molecular flexibility index (Phi) is 26.3. The third-order valence-electron chi connectivity index (χ3n) is 9.99. The molecule has 0 radical (unpaired) electrons. The van der Waals surface area contributed by atoms with Crippen LogP contribution in [0.25, 0.3) is 5.90 Å². The van der Waals surface area contributed by atoms with E-state index in [0.717, 1.165) is 6.61 Å². The maximum atomic E-state index is 13.0. The van der Waals surface area contributed by atoms with Crippen LogP contribution in [0, 0.1) is 16.2 Å². The molecule has 1 aliphatic heterocycles. The molecule has 54 heavy (non-hydrogen) atoms. The molecule has 4 rings (SSSR count). The van der Waals surface area contributed by atoms with Gasteiger partial charge in [-0.1, -0.05) is 0 Å². The number of methoxy groups -OCH3 is 2. The Morgan fingerprint density at radius 3 is 1.26 bits per heavy atom. The van der Waals surface area contributed by atoms with Crippen molar-refractivity contribution in [1.29, 1.82) is 0 Å². The molecule has 1 saturated heterocycles. The summed E-state index contributed by atoms with van der Waals surface area (Å²) in [6.45, 7) is 6.68. The van der Waals surface area contributed by atoms with Crippen molar-refractivity contribution < 1.29 is 109 Å². The molecule has 19 heteroatoms. The van der Waals surface area contributed by atoms with Crippen LogP contribution in [0.4, 0.5) is 26.3 Å². The zero-order chi connectivity index (χ0) is 41.0. The van der Waals surface area contributed by atoms with E-state index in [1.54, 1.807) is 13.8 Å². The number of ether oxygens (including phenoxy) is 5. The second kappa shape index (κ2) is 25.9. The van der Waals surface area contributed by atoms with Crippen LogP contribution in [0.1, 0.15) is 111 Å². The molecule has 0 bridgehead atoms. The van der Waals surface area contributed by atoms with Crippen LogP contribution in [0.15, 0.2) is 0 Å². The van der Waals surface area contributed by atoms with Gasteiger partial charge in [-0.2, -0.15) is 0 Å². The van der Waals surface area contributed by atoms with Gasteiger partial charge in [0.25, 0.3) is 0 Å². The fourth-order valence-electron chi connectivity index (χ4n) is 6.40. The zero-order valence-electron chi connectivity index (χ0n) is 32.6. The summed E-state index contributed by atoms with van der Waals surface area (Å²) in [6.07, 6.45) is 1.34. The third-order valence-corrected chi connectivity index (χ3v) is 9.99. The molecule has 0 aromatic heterocycles. The number of carbonyl (C=O) groups is 3. The number of aliphatic carboxylic acids is 1. The SMILES string of the molecule is CC1CCCO1.CCOC(=O)C1(CO)CCC(F)(F)CC1.CCOC(=O)C1(COC)CCC(F)(F)CC1.COCC1(C(=O)O)CCC(F)(F)CC1.[NH-]O.[Na+]. The van der Waals surface area contributed by atoms with Crippen LogP contribution in [0.3, 0.4) is 0 Å². The molecule has 1 atom stereocenters. The van der Waals surface area contributed by atoms with Crippen LogP contribution in [0.2, 0.25) is 0 Å². The van der Waals surface area contributed by atoms with Crippen LogP contribution in [-0.2, 0) is 38.1 Å². The third kappa shape index (κ3) is 18.3. The standard InChI is InChI=1S/C11H18F2O3.C10H16F2O3.C9H14F2O3.C5H10O.H2NO.Na/c1-3-16-9(14)10(8-15-2)4-6-11(12,13)7-5-10;1-2-15-8(14)9(7-13)3-5-10(11,12)6-4-9;1-14-6-8(7(12)13)2-4-9(10,11)5-3-8;1-5-3-2-4-6-5;1-2;/h3-8H2,1-2H3;13H,2-7H2,1H3;2-6H2,1H3,(H,12,13);5H,2-4H2,1H3;1-2H;/q;;;;-1;+1. The molecule has 0 aromatic carbocycles. The molecular weight excluding hydrogens is 747 g/mol. The second-order valence-corrected chi connectivity index (χ2v) is 14.0. The number of carboxylic acid groups (broad SMARTS) is 1. The van der Waals surface area contributed by atoms with Crippen molar-refractivity contribution in [3.63, 3.8) is 0 Å². The number of esters is 2. The van der Waals surface area contributed by atoms with Gasteiger partial charge in [-0.15, -0.1) is 0 Å². The summed E-state index contributed by atoms with van der Waals surface area (Å²) in [6, 6.07) is 0. The van der Waals surface area contributed by atoms with E-state index in [-0.39, 0.29) is 133 Å². The van der Waals surface area contributed by atoms with Crippen molar-refractivity contribution in [3.8, 4) is 0 Å². The monoisotopic (exact) mass is 807 g/mol. The molecule has 1 unspecified atom stereocenters. The minimum atomic E-state index is -2.70. The summed E-state index contributed by atoms with van der Waals surface area (Å²) in [7, 11) is 2.85. The maximum absolute atomic E-state index is 13.0. The number of carbonyl (C=O) groups excluding carboxylic acids is 2. The largest absolute Gasteiger partial charge is 1.00 e. The summed E-state index contributed by atoms with van der Waals surface area (Å²) in [5, 5.41) is 24.4. The van der Waals surface area contributed by atoms with Gasteiger partial charge in [0.05, 0.1) is 55.4 Å². The Balaban J connectivity index is 0. The fraction of sp³-hybridized carbons (Fsp3) is 0.914. The molecule has 3 aliphatic carbocycles. The van der Waals surface area contributed by atoms with Crippen molar-refractivity contribution in [3.05, 3.63) is 5.90 Å². The number of halogens is 6. The number of hydrogen-bond donors (Lipinski definition) is 3. The summed E-state index contributed by atoms with van der Waals surface area (Å²) >= 11 is 0. The summed E-state index contributed by atoms with van der Waals surface area (Å²) in [5.41, 5.74) is -3.07. The van der Waals surface area contributed by atoms with Gasteiger partial charge in [-0.3, -0.25) is 14.4 Å². The van der Waals surface area contributed by atoms with E-state index in [9.17, 15) is 40.7 Å². The Bertz CT molecular complexity index is 1050. The van der Waals surface area contributed by atoms with Crippen LogP contribution < -0.4 is 29.6 Å². The van der Waals surface area contributed by atoms with Crippen molar-refractivity contribution in [2.75, 3.05) is 53.9 Å². The van der Waals surface area contributed by atoms with Gasteiger partial charge in [-0.05, 0) is 72.1 Å². The number of rotatable bonds is 10. The Hall–Kier alpha value is -1.25. The van der Waals surface area contributed by atoms with Crippen LogP contribution in [0.5, 0.6) is 0 Å². The van der Waals surface area contributed by atoms with E-state index in [4.69, 9.17) is 45.0 Å². The summed E-state index contributed by atoms with van der Waals surface area (Å²) in [4.78, 5) is 34.3. The predicted molar refractivity (Wildman–Crippen MR) is 180 cm³/mol. The van der Waals surface area contributed by atoms with E-state index in [2.05, 4.69) is 6.92 Å². The number of alkyl halides is 6. The van der Waals surface area contributed by atoms with Crippen molar-refractivity contribution >= 4 is 17.9 Å². The fourth-order valence-corrected chi connectivity index (χ4v) is 6.40. The average molecular weight is 808 g/mol. The molecular formula is C35H60F6NNaO11. The van der Waals surface area contributed by atoms with E-state index in [0.29, 0.717) is 6.10 Å². The Morgan fingerprint density at radius 1 is 0.667 bits per heavy atom. The molecule has 1 heterocycles. The smallest absolute Gasteiger partial charge is 0.553 e. The molecule has 4 aliphatic rings. The van der Waals surface area contributed by atoms with Gasteiger partial charge in [-0.25, -0.2) is 26.3 Å². The molecule has 0 spiro atoms. The first-order valence-electron chi connectivity index (χ1n) is 17.9. The number of aliphatic hydroxyl groups is 1.